The minimum Gasteiger partial charge on any atom is -0.443 e. The number of aryl methyl sites for hydroxylation is 1. The number of alkyl halides is 1. The van der Waals surface area contributed by atoms with Gasteiger partial charge in [0.25, 0.3) is 0 Å². The van der Waals surface area contributed by atoms with Gasteiger partial charge >= 0.3 is 0 Å². The van der Waals surface area contributed by atoms with Crippen LogP contribution in [0.25, 0.3) is 0 Å². The lowest BCUT2D eigenvalue weighted by molar-refractivity contribution is 0.365. The van der Waals surface area contributed by atoms with Crippen molar-refractivity contribution in [2.75, 3.05) is 7.05 Å². The molecule has 1 aromatic heterocycles. The van der Waals surface area contributed by atoms with Crippen molar-refractivity contribution >= 4 is 0 Å². The van der Waals surface area contributed by atoms with Gasteiger partial charge in [-0.2, -0.15) is 0 Å². The number of likely N-dealkylation sites (N-methyl/N-ethyl adjacent to an activating group) is 1. The first-order valence-electron chi connectivity index (χ1n) is 4.35. The third-order valence-corrected chi connectivity index (χ3v) is 2.03. The van der Waals surface area contributed by atoms with E-state index in [4.69, 9.17) is 4.42 Å². The van der Waals surface area contributed by atoms with Gasteiger partial charge in [-0.05, 0) is 20.9 Å². The quantitative estimate of drug-likeness (QED) is 0.776. The van der Waals surface area contributed by atoms with Crippen LogP contribution >= 0.6 is 0 Å². The van der Waals surface area contributed by atoms with Gasteiger partial charge in [-0.25, -0.2) is 9.37 Å². The summed E-state index contributed by atoms with van der Waals surface area (Å²) in [6.45, 7) is 3.20. The average molecular weight is 186 g/mol. The number of hydrogen-bond acceptors (Lipinski definition) is 3. The molecular weight excluding hydrogens is 171 g/mol. The molecule has 0 saturated heterocycles. The van der Waals surface area contributed by atoms with Crippen molar-refractivity contribution in [3.05, 3.63) is 17.3 Å². The lowest BCUT2D eigenvalue weighted by Crippen LogP contribution is -2.23. The summed E-state index contributed by atoms with van der Waals surface area (Å²) in [4.78, 5) is 4.12. The largest absolute Gasteiger partial charge is 0.443 e. The SMILES string of the molecule is CNC(C)Cc1nc(C)c(CF)o1. The summed E-state index contributed by atoms with van der Waals surface area (Å²) in [5.74, 6) is 0.949. The average Bonchev–Trinajstić information content (AvgIpc) is 2.46. The molecule has 13 heavy (non-hydrogen) atoms. The number of rotatable bonds is 4. The number of halogens is 1. The van der Waals surface area contributed by atoms with Gasteiger partial charge in [0.1, 0.15) is 6.67 Å². The van der Waals surface area contributed by atoms with Crippen molar-refractivity contribution in [1.29, 1.82) is 0 Å². The maximum atomic E-state index is 12.3. The molecule has 1 unspecified atom stereocenters. The monoisotopic (exact) mass is 186 g/mol. The maximum Gasteiger partial charge on any atom is 0.196 e. The number of oxazole rings is 1. The zero-order valence-electron chi connectivity index (χ0n) is 8.22. The Morgan fingerprint density at radius 1 is 1.62 bits per heavy atom. The Kier molecular flexibility index (Phi) is 3.42. The third-order valence-electron chi connectivity index (χ3n) is 2.03. The van der Waals surface area contributed by atoms with Crippen LogP contribution in [0.4, 0.5) is 4.39 Å². The molecule has 1 heterocycles. The Balaban J connectivity index is 2.67. The molecule has 1 aromatic rings. The first-order chi connectivity index (χ1) is 6.17. The van der Waals surface area contributed by atoms with Crippen LogP contribution in [-0.4, -0.2) is 18.1 Å². The van der Waals surface area contributed by atoms with Crippen molar-refractivity contribution in [1.82, 2.24) is 10.3 Å². The molecule has 0 aliphatic carbocycles. The van der Waals surface area contributed by atoms with Crippen LogP contribution in [0.1, 0.15) is 24.3 Å². The summed E-state index contributed by atoms with van der Waals surface area (Å²) in [5, 5.41) is 3.07. The van der Waals surface area contributed by atoms with Crippen LogP contribution in [0.15, 0.2) is 4.42 Å². The zero-order valence-corrected chi connectivity index (χ0v) is 8.22. The lowest BCUT2D eigenvalue weighted by atomic mass is 10.2. The minimum atomic E-state index is -0.577. The molecule has 74 valence electrons. The Hall–Kier alpha value is -0.900. The Bertz CT molecular complexity index is 273. The molecule has 0 radical (unpaired) electrons. The van der Waals surface area contributed by atoms with E-state index < -0.39 is 6.67 Å². The van der Waals surface area contributed by atoms with Gasteiger partial charge in [-0.3, -0.25) is 0 Å². The fourth-order valence-corrected chi connectivity index (χ4v) is 1.06. The topological polar surface area (TPSA) is 38.1 Å². The zero-order chi connectivity index (χ0) is 9.84. The van der Waals surface area contributed by atoms with E-state index in [9.17, 15) is 4.39 Å². The molecular formula is C9H15FN2O. The second-order valence-corrected chi connectivity index (χ2v) is 3.14. The van der Waals surface area contributed by atoms with E-state index in [2.05, 4.69) is 10.3 Å². The number of nitrogens with one attached hydrogen (secondary N) is 1. The van der Waals surface area contributed by atoms with E-state index >= 15 is 0 Å². The van der Waals surface area contributed by atoms with Crippen molar-refractivity contribution < 1.29 is 8.81 Å². The molecule has 3 nitrogen and oxygen atoms in total. The highest BCUT2D eigenvalue weighted by atomic mass is 19.1. The Morgan fingerprint density at radius 2 is 2.31 bits per heavy atom. The lowest BCUT2D eigenvalue weighted by Gasteiger charge is -2.05. The molecule has 0 saturated carbocycles. The number of aromatic nitrogens is 1. The van der Waals surface area contributed by atoms with Crippen molar-refractivity contribution in [2.45, 2.75) is 33.0 Å². The van der Waals surface area contributed by atoms with Crippen LogP contribution in [0.3, 0.4) is 0 Å². The smallest absolute Gasteiger partial charge is 0.196 e. The Morgan fingerprint density at radius 3 is 2.77 bits per heavy atom. The summed E-state index contributed by atoms with van der Waals surface area (Å²) in [6, 6.07) is 0.297. The molecule has 0 fully saturated rings. The van der Waals surface area contributed by atoms with Crippen LogP contribution in [-0.2, 0) is 13.1 Å². The normalized spacial score (nSPS) is 13.2. The minimum absolute atomic E-state index is 0.297. The first-order valence-corrected chi connectivity index (χ1v) is 4.35. The molecule has 0 aromatic carbocycles. The van der Waals surface area contributed by atoms with E-state index in [1.54, 1.807) is 6.92 Å². The highest BCUT2D eigenvalue weighted by Crippen LogP contribution is 2.12. The second kappa shape index (κ2) is 4.37. The standard InChI is InChI=1S/C9H15FN2O/c1-6(11-3)4-9-12-7(2)8(5-10)13-9/h6,11H,4-5H2,1-3H3. The summed E-state index contributed by atoms with van der Waals surface area (Å²) in [6.07, 6.45) is 0.692. The van der Waals surface area contributed by atoms with E-state index in [0.29, 0.717) is 29.8 Å². The Labute approximate surface area is 77.4 Å². The summed E-state index contributed by atoms with van der Waals surface area (Å²) in [7, 11) is 1.87. The molecule has 0 aliphatic rings. The highest BCUT2D eigenvalue weighted by Gasteiger charge is 2.10. The maximum absolute atomic E-state index is 12.3. The van der Waals surface area contributed by atoms with Crippen LogP contribution < -0.4 is 5.32 Å². The molecule has 1 atom stereocenters. The van der Waals surface area contributed by atoms with Crippen LogP contribution in [0.5, 0.6) is 0 Å². The fraction of sp³-hybridized carbons (Fsp3) is 0.667. The second-order valence-electron chi connectivity index (χ2n) is 3.14. The molecule has 1 rings (SSSR count). The molecule has 4 heteroatoms. The third kappa shape index (κ3) is 2.52. The number of nitrogens with zero attached hydrogens (tertiary/aromatic N) is 1. The van der Waals surface area contributed by atoms with Gasteiger partial charge in [0.05, 0.1) is 5.69 Å². The van der Waals surface area contributed by atoms with Gasteiger partial charge in [-0.1, -0.05) is 0 Å². The van der Waals surface area contributed by atoms with E-state index in [1.165, 1.54) is 0 Å². The van der Waals surface area contributed by atoms with E-state index in [0.717, 1.165) is 0 Å². The predicted molar refractivity (Wildman–Crippen MR) is 48.3 cm³/mol. The summed E-state index contributed by atoms with van der Waals surface area (Å²) >= 11 is 0. The molecule has 0 spiro atoms. The van der Waals surface area contributed by atoms with Gasteiger partial charge in [0.2, 0.25) is 0 Å². The predicted octanol–water partition coefficient (Wildman–Crippen LogP) is 1.60. The van der Waals surface area contributed by atoms with Crippen LogP contribution in [0.2, 0.25) is 0 Å². The summed E-state index contributed by atoms with van der Waals surface area (Å²) in [5.41, 5.74) is 0.654. The molecule has 0 bridgehead atoms. The number of hydrogen-bond donors (Lipinski definition) is 1. The fourth-order valence-electron chi connectivity index (χ4n) is 1.06. The first kappa shape index (κ1) is 10.2. The van der Waals surface area contributed by atoms with Crippen LogP contribution in [0, 0.1) is 6.92 Å². The van der Waals surface area contributed by atoms with Crippen molar-refractivity contribution in [2.24, 2.45) is 0 Å². The van der Waals surface area contributed by atoms with Crippen molar-refractivity contribution in [3.8, 4) is 0 Å². The molecule has 0 amide bonds. The van der Waals surface area contributed by atoms with Gasteiger partial charge in [0.15, 0.2) is 11.7 Å². The van der Waals surface area contributed by atoms with Gasteiger partial charge in [0, 0.05) is 12.5 Å². The van der Waals surface area contributed by atoms with E-state index in [1.807, 2.05) is 14.0 Å². The van der Waals surface area contributed by atoms with E-state index in [-0.39, 0.29) is 0 Å². The molecule has 0 aliphatic heterocycles. The molecule has 1 N–H and O–H groups in total. The van der Waals surface area contributed by atoms with Crippen molar-refractivity contribution in [3.63, 3.8) is 0 Å². The summed E-state index contributed by atoms with van der Waals surface area (Å²) < 4.78 is 17.5. The van der Waals surface area contributed by atoms with Gasteiger partial charge in [-0.15, -0.1) is 0 Å². The van der Waals surface area contributed by atoms with Gasteiger partial charge < -0.3 is 9.73 Å². The highest BCUT2D eigenvalue weighted by molar-refractivity contribution is 5.07.